The van der Waals surface area contributed by atoms with Gasteiger partial charge in [0.15, 0.2) is 0 Å². The Hall–Kier alpha value is -0.610. The van der Waals surface area contributed by atoms with Crippen LogP contribution in [0.15, 0.2) is 18.5 Å². The number of hydrogen-bond donors (Lipinski definition) is 0. The van der Waals surface area contributed by atoms with E-state index in [1.807, 2.05) is 0 Å². The molecule has 15 heavy (non-hydrogen) atoms. The molecule has 0 aromatic carbocycles. The second kappa shape index (κ2) is 3.76. The van der Waals surface area contributed by atoms with E-state index in [9.17, 15) is 4.39 Å². The maximum Gasteiger partial charge on any atom is 0.145 e. The highest BCUT2D eigenvalue weighted by atomic mass is 32.2. The summed E-state index contributed by atoms with van der Waals surface area (Å²) in [6.07, 6.45) is 4.26. The molecular formula is C11H13FN2S. The molecule has 0 aliphatic carbocycles. The first-order valence-corrected chi connectivity index (χ1v) is 6.32. The minimum absolute atomic E-state index is 0.173. The van der Waals surface area contributed by atoms with E-state index in [2.05, 4.69) is 21.6 Å². The molecule has 0 saturated carbocycles. The molecule has 2 atom stereocenters. The standard InChI is InChI=1S/C11H13FN2S/c12-11-4-13-2-1-8(11)5-14-6-10-3-9(14)7-15-10/h1-2,4,9-10H,3,5-7H2/t9-,10-/m0/s1. The second-order valence-electron chi connectivity index (χ2n) is 4.24. The summed E-state index contributed by atoms with van der Waals surface area (Å²) in [5, 5.41) is 0.792. The van der Waals surface area contributed by atoms with Crippen molar-refractivity contribution >= 4 is 11.8 Å². The Labute approximate surface area is 92.9 Å². The molecule has 0 amide bonds. The van der Waals surface area contributed by atoms with E-state index in [0.29, 0.717) is 6.04 Å². The Morgan fingerprint density at radius 2 is 2.53 bits per heavy atom. The van der Waals surface area contributed by atoms with Crippen molar-refractivity contribution in [2.45, 2.75) is 24.3 Å². The highest BCUT2D eigenvalue weighted by Gasteiger charge is 2.38. The summed E-state index contributed by atoms with van der Waals surface area (Å²) in [4.78, 5) is 6.17. The average molecular weight is 224 g/mol. The van der Waals surface area contributed by atoms with Crippen molar-refractivity contribution in [3.8, 4) is 0 Å². The molecule has 3 rings (SSSR count). The zero-order chi connectivity index (χ0) is 10.3. The van der Waals surface area contributed by atoms with Gasteiger partial charge in [-0.1, -0.05) is 0 Å². The van der Waals surface area contributed by atoms with Crippen molar-refractivity contribution in [1.29, 1.82) is 0 Å². The Bertz CT molecular complexity index is 371. The van der Waals surface area contributed by atoms with Gasteiger partial charge in [-0.15, -0.1) is 0 Å². The highest BCUT2D eigenvalue weighted by molar-refractivity contribution is 8.00. The van der Waals surface area contributed by atoms with Crippen LogP contribution in [-0.2, 0) is 6.54 Å². The van der Waals surface area contributed by atoms with Crippen molar-refractivity contribution in [3.63, 3.8) is 0 Å². The lowest BCUT2D eigenvalue weighted by atomic mass is 10.2. The number of hydrogen-bond acceptors (Lipinski definition) is 3. The second-order valence-corrected chi connectivity index (χ2v) is 5.57. The first-order valence-electron chi connectivity index (χ1n) is 5.27. The van der Waals surface area contributed by atoms with Crippen molar-refractivity contribution in [1.82, 2.24) is 9.88 Å². The van der Waals surface area contributed by atoms with Crippen LogP contribution >= 0.6 is 11.8 Å². The molecule has 1 aromatic rings. The van der Waals surface area contributed by atoms with E-state index in [0.717, 1.165) is 23.9 Å². The van der Waals surface area contributed by atoms with Gasteiger partial charge < -0.3 is 0 Å². The lowest BCUT2D eigenvalue weighted by Crippen LogP contribution is -2.33. The van der Waals surface area contributed by atoms with E-state index in [-0.39, 0.29) is 5.82 Å². The van der Waals surface area contributed by atoms with Gasteiger partial charge in [-0.3, -0.25) is 9.88 Å². The quantitative estimate of drug-likeness (QED) is 0.763. The Kier molecular flexibility index (Phi) is 2.41. The number of rotatable bonds is 2. The van der Waals surface area contributed by atoms with Gasteiger partial charge in [0.05, 0.1) is 6.20 Å². The van der Waals surface area contributed by atoms with Gasteiger partial charge in [-0.2, -0.15) is 11.8 Å². The number of pyridine rings is 1. The molecule has 0 unspecified atom stereocenters. The van der Waals surface area contributed by atoms with Gasteiger partial charge >= 0.3 is 0 Å². The summed E-state index contributed by atoms with van der Waals surface area (Å²) in [5.74, 6) is 1.05. The molecule has 4 heteroatoms. The lowest BCUT2D eigenvalue weighted by molar-refractivity contribution is 0.257. The molecule has 0 N–H and O–H groups in total. The largest absolute Gasteiger partial charge is 0.294 e. The van der Waals surface area contributed by atoms with E-state index in [4.69, 9.17) is 0 Å². The van der Waals surface area contributed by atoms with Crippen LogP contribution in [-0.4, -0.2) is 33.5 Å². The third kappa shape index (κ3) is 1.76. The number of fused-ring (bicyclic) bond motifs is 2. The molecule has 0 radical (unpaired) electrons. The fraction of sp³-hybridized carbons (Fsp3) is 0.545. The van der Waals surface area contributed by atoms with Gasteiger partial charge in [0, 0.05) is 41.9 Å². The zero-order valence-electron chi connectivity index (χ0n) is 8.40. The first kappa shape index (κ1) is 9.60. The zero-order valence-corrected chi connectivity index (χ0v) is 9.21. The third-order valence-electron chi connectivity index (χ3n) is 3.24. The molecule has 2 fully saturated rings. The molecule has 2 aliphatic rings. The van der Waals surface area contributed by atoms with E-state index in [1.54, 1.807) is 12.3 Å². The SMILES string of the molecule is Fc1cnccc1CN1C[C@@H]2C[C@H]1CS2. The van der Waals surface area contributed by atoms with Crippen LogP contribution in [0.4, 0.5) is 4.39 Å². The van der Waals surface area contributed by atoms with E-state index >= 15 is 0 Å². The van der Waals surface area contributed by atoms with E-state index < -0.39 is 0 Å². The van der Waals surface area contributed by atoms with Crippen LogP contribution in [0.1, 0.15) is 12.0 Å². The number of nitrogens with zero attached hydrogens (tertiary/aromatic N) is 2. The Balaban J connectivity index is 1.73. The lowest BCUT2D eigenvalue weighted by Gasteiger charge is -2.26. The summed E-state index contributed by atoms with van der Waals surface area (Å²) >= 11 is 2.06. The van der Waals surface area contributed by atoms with Crippen LogP contribution in [0.3, 0.4) is 0 Å². The first-order chi connectivity index (χ1) is 7.33. The minimum Gasteiger partial charge on any atom is -0.294 e. The summed E-state index contributed by atoms with van der Waals surface area (Å²) < 4.78 is 13.4. The third-order valence-corrected chi connectivity index (χ3v) is 4.63. The van der Waals surface area contributed by atoms with Gasteiger partial charge in [0.25, 0.3) is 0 Å². The molecule has 2 bridgehead atoms. The Morgan fingerprint density at radius 3 is 3.20 bits per heavy atom. The molecule has 80 valence electrons. The van der Waals surface area contributed by atoms with Crippen LogP contribution < -0.4 is 0 Å². The molecule has 0 spiro atoms. The molecule has 2 nitrogen and oxygen atoms in total. The molecule has 1 aromatic heterocycles. The molecule has 3 heterocycles. The maximum absolute atomic E-state index is 13.4. The van der Waals surface area contributed by atoms with Gasteiger partial charge in [-0.25, -0.2) is 4.39 Å². The van der Waals surface area contributed by atoms with Crippen LogP contribution in [0, 0.1) is 5.82 Å². The van der Waals surface area contributed by atoms with Crippen molar-refractivity contribution in [3.05, 3.63) is 29.8 Å². The van der Waals surface area contributed by atoms with Crippen LogP contribution in [0.25, 0.3) is 0 Å². The monoisotopic (exact) mass is 224 g/mol. The number of thioether (sulfide) groups is 1. The summed E-state index contributed by atoms with van der Waals surface area (Å²) in [6.45, 7) is 1.87. The smallest absolute Gasteiger partial charge is 0.145 e. The number of likely N-dealkylation sites (tertiary alicyclic amines) is 1. The fourth-order valence-corrected chi connectivity index (χ4v) is 3.92. The predicted octanol–water partition coefficient (Wildman–Crippen LogP) is 1.91. The van der Waals surface area contributed by atoms with E-state index in [1.165, 1.54) is 18.4 Å². The molecule has 2 aliphatic heterocycles. The van der Waals surface area contributed by atoms with Gasteiger partial charge in [0.1, 0.15) is 5.82 Å². The van der Waals surface area contributed by atoms with Crippen LogP contribution in [0.2, 0.25) is 0 Å². The maximum atomic E-state index is 13.4. The van der Waals surface area contributed by atoms with Gasteiger partial charge in [-0.05, 0) is 12.5 Å². The Morgan fingerprint density at radius 1 is 1.60 bits per heavy atom. The average Bonchev–Trinajstić information content (AvgIpc) is 2.83. The summed E-state index contributed by atoms with van der Waals surface area (Å²) in [6, 6.07) is 2.46. The normalized spacial score (nSPS) is 29.9. The van der Waals surface area contributed by atoms with Crippen molar-refractivity contribution in [2.24, 2.45) is 0 Å². The van der Waals surface area contributed by atoms with Crippen molar-refractivity contribution in [2.75, 3.05) is 12.3 Å². The van der Waals surface area contributed by atoms with Gasteiger partial charge in [0.2, 0.25) is 0 Å². The molecule has 2 saturated heterocycles. The topological polar surface area (TPSA) is 16.1 Å². The highest BCUT2D eigenvalue weighted by Crippen LogP contribution is 2.38. The fourth-order valence-electron chi connectivity index (χ4n) is 2.42. The minimum atomic E-state index is -0.173. The molecular weight excluding hydrogens is 211 g/mol. The number of aromatic nitrogens is 1. The predicted molar refractivity (Wildman–Crippen MR) is 59.3 cm³/mol. The van der Waals surface area contributed by atoms with Crippen molar-refractivity contribution < 1.29 is 4.39 Å². The summed E-state index contributed by atoms with van der Waals surface area (Å²) in [5.41, 5.74) is 0.780. The summed E-state index contributed by atoms with van der Waals surface area (Å²) in [7, 11) is 0. The number of halogens is 1. The van der Waals surface area contributed by atoms with Crippen LogP contribution in [0.5, 0.6) is 0 Å².